The highest BCUT2D eigenvalue weighted by molar-refractivity contribution is 6.26. The third-order valence-corrected chi connectivity index (χ3v) is 12.4. The molecule has 0 aromatic carbocycles. The Bertz CT molecular complexity index is 1520. The van der Waals surface area contributed by atoms with Crippen molar-refractivity contribution in [3.63, 3.8) is 0 Å². The summed E-state index contributed by atoms with van der Waals surface area (Å²) >= 11 is 0. The molecule has 0 spiro atoms. The van der Waals surface area contributed by atoms with Gasteiger partial charge >= 0.3 is 6.16 Å². The van der Waals surface area contributed by atoms with Crippen molar-refractivity contribution < 1.29 is 53.2 Å². The van der Waals surface area contributed by atoms with E-state index in [-0.39, 0.29) is 85.3 Å². The monoisotopic (exact) mass is 843 g/mol. The first kappa shape index (κ1) is 52.5. The number of hydrogen-bond donors (Lipinski definition) is 2. The van der Waals surface area contributed by atoms with Gasteiger partial charge in [0.15, 0.2) is 23.1 Å². The van der Waals surface area contributed by atoms with Crippen molar-refractivity contribution in [2.24, 2.45) is 70.0 Å². The van der Waals surface area contributed by atoms with Gasteiger partial charge in [0, 0.05) is 36.5 Å². The minimum absolute atomic E-state index is 0.0291. The summed E-state index contributed by atoms with van der Waals surface area (Å²) in [5, 5.41) is 23.7. The highest BCUT2D eigenvalue weighted by Crippen LogP contribution is 2.54. The third kappa shape index (κ3) is 12.3. The minimum atomic E-state index is -1.64. The molecule has 0 bridgehead atoms. The van der Waals surface area contributed by atoms with Crippen molar-refractivity contribution in [3.8, 4) is 0 Å². The van der Waals surface area contributed by atoms with Gasteiger partial charge in [0.25, 0.3) is 0 Å². The summed E-state index contributed by atoms with van der Waals surface area (Å²) < 4.78 is 11.1. The van der Waals surface area contributed by atoms with Gasteiger partial charge in [-0.15, -0.1) is 0 Å². The Hall–Kier alpha value is -3.63. The molecular formula is C49H78O11. The van der Waals surface area contributed by atoms with Gasteiger partial charge < -0.3 is 19.7 Å². The third-order valence-electron chi connectivity index (χ3n) is 12.4. The standard InChI is InChI=1S/C49H78O11/c1-27(2)15-19-35-43(54)39(41(52)31(9)10)45(56)48(35,37(50)21-17-29(5)6)23-33(13)25-59-47(58)60-26-34(14)24-49(38(51)22-18-30(7)8)36(20-16-28(3)4)44(55)40(46(49)57)42(53)32(11)12/h27-36,56-57H,15-26H2,1-14H3. The largest absolute Gasteiger partial charge is 0.510 e. The molecule has 0 amide bonds. The number of carbonyl (C=O) groups excluding carboxylic acids is 7. The van der Waals surface area contributed by atoms with Crippen LogP contribution in [0.4, 0.5) is 4.79 Å². The average molecular weight is 843 g/mol. The van der Waals surface area contributed by atoms with E-state index in [1.165, 1.54) is 0 Å². The molecule has 0 fully saturated rings. The van der Waals surface area contributed by atoms with Crippen LogP contribution in [0.25, 0.3) is 0 Å². The maximum absolute atomic E-state index is 14.3. The van der Waals surface area contributed by atoms with E-state index >= 15 is 0 Å². The van der Waals surface area contributed by atoms with Gasteiger partial charge in [-0.25, -0.2) is 4.79 Å². The van der Waals surface area contributed by atoms with E-state index in [1.54, 1.807) is 41.5 Å². The molecule has 0 aromatic rings. The molecule has 2 aliphatic carbocycles. The molecule has 2 N–H and O–H groups in total. The maximum Gasteiger partial charge on any atom is 0.508 e. The van der Waals surface area contributed by atoms with Crippen LogP contribution in [0, 0.1) is 70.0 Å². The molecule has 0 aromatic heterocycles. The van der Waals surface area contributed by atoms with Crippen LogP contribution >= 0.6 is 0 Å². The van der Waals surface area contributed by atoms with Crippen LogP contribution in [0.1, 0.15) is 161 Å². The summed E-state index contributed by atoms with van der Waals surface area (Å²) in [6.45, 7) is 25.6. The summed E-state index contributed by atoms with van der Waals surface area (Å²) in [7, 11) is 0. The molecule has 2 aliphatic rings. The fraction of sp³-hybridized carbons (Fsp3) is 0.776. The molecule has 0 saturated heterocycles. The Morgan fingerprint density at radius 3 is 1.08 bits per heavy atom. The first-order chi connectivity index (χ1) is 27.8. The van der Waals surface area contributed by atoms with Crippen LogP contribution in [0.3, 0.4) is 0 Å². The Morgan fingerprint density at radius 2 is 0.817 bits per heavy atom. The quantitative estimate of drug-likeness (QED) is 0.0625. The van der Waals surface area contributed by atoms with Crippen LogP contribution in [0.15, 0.2) is 22.7 Å². The van der Waals surface area contributed by atoms with Gasteiger partial charge in [-0.2, -0.15) is 0 Å². The van der Waals surface area contributed by atoms with E-state index in [0.29, 0.717) is 38.5 Å². The summed E-state index contributed by atoms with van der Waals surface area (Å²) in [5.74, 6) is -6.95. The second-order valence-electron chi connectivity index (χ2n) is 20.4. The topological polar surface area (TPSA) is 178 Å². The number of allylic oxidation sites excluding steroid dienone is 4. The number of ether oxygens (including phenoxy) is 2. The van der Waals surface area contributed by atoms with E-state index in [9.17, 15) is 43.8 Å². The van der Waals surface area contributed by atoms with Crippen molar-refractivity contribution >= 4 is 40.9 Å². The molecule has 11 heteroatoms. The van der Waals surface area contributed by atoms with Crippen molar-refractivity contribution in [2.45, 2.75) is 161 Å². The SMILES string of the molecule is CC(C)CCC(=O)C1(CC(C)COC(=O)OCC(C)CC2(C(=O)CCC(C)C)C(O)=C(C(=O)C(C)C)C(=O)C2CCC(C)C)C(O)=C(C(=O)C(C)C)C(=O)C1CCC(C)C. The molecule has 60 heavy (non-hydrogen) atoms. The van der Waals surface area contributed by atoms with Gasteiger partial charge in [-0.3, -0.25) is 28.8 Å². The Balaban J connectivity index is 2.41. The lowest BCUT2D eigenvalue weighted by Gasteiger charge is -2.36. The summed E-state index contributed by atoms with van der Waals surface area (Å²) in [6.07, 6.45) is 2.00. The van der Waals surface area contributed by atoms with Crippen molar-refractivity contribution in [1.29, 1.82) is 0 Å². The Kier molecular flexibility index (Phi) is 19.7. The maximum atomic E-state index is 14.3. The van der Waals surface area contributed by atoms with Gasteiger partial charge in [0.1, 0.15) is 23.1 Å². The number of ketones is 6. The Labute approximate surface area is 360 Å². The fourth-order valence-corrected chi connectivity index (χ4v) is 8.94. The number of aliphatic hydroxyl groups excluding tert-OH is 2. The molecule has 0 saturated carbocycles. The molecule has 6 unspecified atom stereocenters. The zero-order valence-corrected chi connectivity index (χ0v) is 39.3. The molecule has 6 atom stereocenters. The second kappa shape index (κ2) is 22.5. The molecule has 0 aliphatic heterocycles. The minimum Gasteiger partial charge on any atom is -0.510 e. The van der Waals surface area contributed by atoms with E-state index in [4.69, 9.17) is 9.47 Å². The zero-order valence-electron chi connectivity index (χ0n) is 39.3. The summed E-state index contributed by atoms with van der Waals surface area (Å²) in [5.41, 5.74) is -3.88. The molecule has 0 radical (unpaired) electrons. The number of aliphatic hydroxyl groups is 2. The fourth-order valence-electron chi connectivity index (χ4n) is 8.94. The van der Waals surface area contributed by atoms with E-state index in [1.807, 2.05) is 55.4 Å². The molecule has 0 heterocycles. The van der Waals surface area contributed by atoms with Crippen molar-refractivity contribution in [1.82, 2.24) is 0 Å². The number of rotatable bonds is 26. The zero-order chi connectivity index (χ0) is 46.0. The van der Waals surface area contributed by atoms with E-state index in [2.05, 4.69) is 0 Å². The van der Waals surface area contributed by atoms with E-state index < -0.39 is 87.1 Å². The number of carbonyl (C=O) groups is 7. The normalized spacial score (nSPS) is 23.3. The highest BCUT2D eigenvalue weighted by Gasteiger charge is 2.61. The first-order valence-electron chi connectivity index (χ1n) is 22.7. The van der Waals surface area contributed by atoms with Gasteiger partial charge in [0.05, 0.1) is 35.2 Å². The van der Waals surface area contributed by atoms with Crippen LogP contribution in [0.5, 0.6) is 0 Å². The second-order valence-corrected chi connectivity index (χ2v) is 20.4. The lowest BCUT2D eigenvalue weighted by atomic mass is 9.65. The van der Waals surface area contributed by atoms with Gasteiger partial charge in [-0.05, 0) is 74.0 Å². The summed E-state index contributed by atoms with van der Waals surface area (Å²) in [4.78, 5) is 96.6. The Morgan fingerprint density at radius 1 is 0.517 bits per heavy atom. The van der Waals surface area contributed by atoms with Crippen LogP contribution < -0.4 is 0 Å². The van der Waals surface area contributed by atoms with Crippen LogP contribution in [-0.4, -0.2) is 64.3 Å². The predicted molar refractivity (Wildman–Crippen MR) is 232 cm³/mol. The first-order valence-corrected chi connectivity index (χ1v) is 22.7. The molecule has 340 valence electrons. The highest BCUT2D eigenvalue weighted by atomic mass is 16.7. The van der Waals surface area contributed by atoms with Gasteiger partial charge in [0.2, 0.25) is 0 Å². The van der Waals surface area contributed by atoms with E-state index in [0.717, 1.165) is 0 Å². The van der Waals surface area contributed by atoms with Gasteiger partial charge in [-0.1, -0.05) is 110 Å². The smallest absolute Gasteiger partial charge is 0.508 e. The average Bonchev–Trinajstić information content (AvgIpc) is 3.49. The lowest BCUT2D eigenvalue weighted by Crippen LogP contribution is -2.42. The van der Waals surface area contributed by atoms with Crippen molar-refractivity contribution in [3.05, 3.63) is 22.7 Å². The number of hydrogen-bond acceptors (Lipinski definition) is 11. The summed E-state index contributed by atoms with van der Waals surface area (Å²) in [6, 6.07) is 0. The lowest BCUT2D eigenvalue weighted by molar-refractivity contribution is -0.138. The molecule has 2 rings (SSSR count). The number of Topliss-reactive ketones (excluding diaryl/α,β-unsaturated/α-hetero) is 6. The van der Waals surface area contributed by atoms with Crippen LogP contribution in [-0.2, 0) is 38.2 Å². The molecular weight excluding hydrogens is 765 g/mol. The predicted octanol–water partition coefficient (Wildman–Crippen LogP) is 10.5. The van der Waals surface area contributed by atoms with Crippen LogP contribution in [0.2, 0.25) is 0 Å². The van der Waals surface area contributed by atoms with Crippen molar-refractivity contribution in [2.75, 3.05) is 13.2 Å². The molecule has 11 nitrogen and oxygen atoms in total.